The van der Waals surface area contributed by atoms with E-state index in [1.165, 1.54) is 0 Å². The molecule has 1 aliphatic rings. The van der Waals surface area contributed by atoms with Crippen LogP contribution in [0.15, 0.2) is 42.9 Å². The predicted octanol–water partition coefficient (Wildman–Crippen LogP) is 3.01. The molecular formula is C19H25N5O2. The van der Waals surface area contributed by atoms with Crippen molar-refractivity contribution in [2.75, 3.05) is 37.0 Å². The number of benzene rings is 1. The van der Waals surface area contributed by atoms with Crippen LogP contribution < -0.4 is 15.0 Å². The van der Waals surface area contributed by atoms with Crippen molar-refractivity contribution in [3.8, 4) is 5.75 Å². The first-order valence-corrected chi connectivity index (χ1v) is 8.95. The first kappa shape index (κ1) is 18.0. The lowest BCUT2D eigenvalue weighted by molar-refractivity contribution is 0.194. The lowest BCUT2D eigenvalue weighted by Crippen LogP contribution is -2.47. The fourth-order valence-electron chi connectivity index (χ4n) is 3.18. The van der Waals surface area contributed by atoms with Crippen molar-refractivity contribution in [1.29, 1.82) is 0 Å². The van der Waals surface area contributed by atoms with Crippen LogP contribution in [0.5, 0.6) is 5.75 Å². The molecule has 7 heteroatoms. The van der Waals surface area contributed by atoms with Gasteiger partial charge in [-0.1, -0.05) is 12.1 Å². The molecular weight excluding hydrogens is 330 g/mol. The molecule has 0 unspecified atom stereocenters. The summed E-state index contributed by atoms with van der Waals surface area (Å²) in [6.45, 7) is 3.91. The number of aromatic nitrogens is 2. The molecule has 0 aliphatic carbocycles. The van der Waals surface area contributed by atoms with E-state index in [0.29, 0.717) is 37.2 Å². The molecule has 1 aliphatic heterocycles. The van der Waals surface area contributed by atoms with E-state index in [-0.39, 0.29) is 6.03 Å². The lowest BCUT2D eigenvalue weighted by atomic mass is 10.0. The number of ether oxygens (including phenoxy) is 1. The van der Waals surface area contributed by atoms with Crippen molar-refractivity contribution in [2.45, 2.75) is 25.8 Å². The van der Waals surface area contributed by atoms with E-state index >= 15 is 0 Å². The van der Waals surface area contributed by atoms with Crippen molar-refractivity contribution >= 4 is 17.5 Å². The topological polar surface area (TPSA) is 70.6 Å². The van der Waals surface area contributed by atoms with Gasteiger partial charge in [-0.15, -0.1) is 0 Å². The van der Waals surface area contributed by atoms with Gasteiger partial charge in [0.15, 0.2) is 0 Å². The number of nitrogens with zero attached hydrogens (tertiary/aromatic N) is 4. The van der Waals surface area contributed by atoms with Gasteiger partial charge in [0.2, 0.25) is 0 Å². The number of piperidine rings is 1. The number of anilines is 2. The number of carbonyl (C=O) groups is 1. The van der Waals surface area contributed by atoms with Crippen LogP contribution in [0.1, 0.15) is 19.8 Å². The molecule has 2 aromatic rings. The third kappa shape index (κ3) is 4.22. The van der Waals surface area contributed by atoms with Crippen LogP contribution in [0.3, 0.4) is 0 Å². The van der Waals surface area contributed by atoms with Crippen molar-refractivity contribution in [3.05, 3.63) is 42.9 Å². The molecule has 1 N–H and O–H groups in total. The summed E-state index contributed by atoms with van der Waals surface area (Å²) in [5.74, 6) is 1.61. The van der Waals surface area contributed by atoms with Gasteiger partial charge in [-0.25, -0.2) is 14.8 Å². The standard InChI is InChI=1S/C19H25N5O2/c1-3-26-17-7-5-4-6-16(17)22-19(25)24-12-9-15(10-13-24)23(2)18-8-11-20-14-21-18/h4-8,11,14-15H,3,9-10,12-13H2,1-2H3,(H,22,25). The van der Waals surface area contributed by atoms with Crippen LogP contribution in [0.2, 0.25) is 0 Å². The summed E-state index contributed by atoms with van der Waals surface area (Å²) in [7, 11) is 2.04. The van der Waals surface area contributed by atoms with E-state index in [2.05, 4.69) is 20.2 Å². The van der Waals surface area contributed by atoms with Crippen LogP contribution in [0.25, 0.3) is 0 Å². The number of likely N-dealkylation sites (tertiary alicyclic amines) is 1. The van der Waals surface area contributed by atoms with Crippen LogP contribution in [0.4, 0.5) is 16.3 Å². The maximum absolute atomic E-state index is 12.6. The zero-order chi connectivity index (χ0) is 18.4. The molecule has 0 bridgehead atoms. The highest BCUT2D eigenvalue weighted by molar-refractivity contribution is 5.91. The fraction of sp³-hybridized carbons (Fsp3) is 0.421. The summed E-state index contributed by atoms with van der Waals surface area (Å²) in [6, 6.07) is 9.70. The van der Waals surface area contributed by atoms with Crippen molar-refractivity contribution in [2.24, 2.45) is 0 Å². The Bertz CT molecular complexity index is 717. The van der Waals surface area contributed by atoms with Gasteiger partial charge < -0.3 is 19.9 Å². The van der Waals surface area contributed by atoms with Crippen molar-refractivity contribution < 1.29 is 9.53 Å². The molecule has 1 fully saturated rings. The van der Waals surface area contributed by atoms with Crippen molar-refractivity contribution in [1.82, 2.24) is 14.9 Å². The number of hydrogen-bond donors (Lipinski definition) is 1. The van der Waals surface area contributed by atoms with E-state index < -0.39 is 0 Å². The molecule has 7 nitrogen and oxygen atoms in total. The number of rotatable bonds is 5. The summed E-state index contributed by atoms with van der Waals surface area (Å²) in [5, 5.41) is 2.97. The Morgan fingerprint density at radius 1 is 1.31 bits per heavy atom. The minimum atomic E-state index is -0.0831. The summed E-state index contributed by atoms with van der Waals surface area (Å²) < 4.78 is 5.57. The van der Waals surface area contributed by atoms with Gasteiger partial charge in [-0.05, 0) is 38.0 Å². The Morgan fingerprint density at radius 3 is 2.77 bits per heavy atom. The quantitative estimate of drug-likeness (QED) is 0.893. The van der Waals surface area contributed by atoms with Gasteiger partial charge in [-0.2, -0.15) is 0 Å². The van der Waals surface area contributed by atoms with Crippen LogP contribution in [-0.2, 0) is 0 Å². The summed E-state index contributed by atoms with van der Waals surface area (Å²) in [6.07, 6.45) is 5.11. The largest absolute Gasteiger partial charge is 0.492 e. The molecule has 1 saturated heterocycles. The smallest absolute Gasteiger partial charge is 0.321 e. The second kappa shape index (κ2) is 8.51. The zero-order valence-corrected chi connectivity index (χ0v) is 15.3. The predicted molar refractivity (Wildman–Crippen MR) is 102 cm³/mol. The highest BCUT2D eigenvalue weighted by atomic mass is 16.5. The Kier molecular flexibility index (Phi) is 5.88. The Balaban J connectivity index is 1.56. The SMILES string of the molecule is CCOc1ccccc1NC(=O)N1CCC(N(C)c2ccncn2)CC1. The summed E-state index contributed by atoms with van der Waals surface area (Å²) in [4.78, 5) is 24.9. The molecule has 0 spiro atoms. The molecule has 1 aromatic heterocycles. The van der Waals surface area contributed by atoms with Crippen LogP contribution >= 0.6 is 0 Å². The highest BCUT2D eigenvalue weighted by Crippen LogP contribution is 2.25. The minimum Gasteiger partial charge on any atom is -0.492 e. The molecule has 1 aromatic carbocycles. The minimum absolute atomic E-state index is 0.0831. The normalized spacial score (nSPS) is 14.8. The van der Waals surface area contributed by atoms with Gasteiger partial charge in [0.25, 0.3) is 0 Å². The lowest BCUT2D eigenvalue weighted by Gasteiger charge is -2.37. The van der Waals surface area contributed by atoms with E-state index in [0.717, 1.165) is 18.7 Å². The van der Waals surface area contributed by atoms with E-state index in [1.807, 2.05) is 49.2 Å². The highest BCUT2D eigenvalue weighted by Gasteiger charge is 2.26. The van der Waals surface area contributed by atoms with E-state index in [1.54, 1.807) is 12.5 Å². The van der Waals surface area contributed by atoms with E-state index in [9.17, 15) is 4.79 Å². The average molecular weight is 355 g/mol. The number of urea groups is 1. The molecule has 0 atom stereocenters. The van der Waals surface area contributed by atoms with Crippen molar-refractivity contribution in [3.63, 3.8) is 0 Å². The molecule has 2 amide bonds. The van der Waals surface area contributed by atoms with Gasteiger partial charge in [-0.3, -0.25) is 0 Å². The number of hydrogen-bond acceptors (Lipinski definition) is 5. The van der Waals surface area contributed by atoms with Gasteiger partial charge in [0.05, 0.1) is 12.3 Å². The Labute approximate surface area is 154 Å². The Hall–Kier alpha value is -2.83. The molecule has 26 heavy (non-hydrogen) atoms. The third-order valence-corrected chi connectivity index (χ3v) is 4.66. The van der Waals surface area contributed by atoms with Gasteiger partial charge in [0, 0.05) is 32.4 Å². The summed E-state index contributed by atoms with van der Waals surface area (Å²) >= 11 is 0. The second-order valence-electron chi connectivity index (χ2n) is 6.26. The average Bonchev–Trinajstić information content (AvgIpc) is 2.70. The number of nitrogens with one attached hydrogen (secondary N) is 1. The Morgan fingerprint density at radius 2 is 2.08 bits per heavy atom. The number of carbonyl (C=O) groups excluding carboxylic acids is 1. The maximum Gasteiger partial charge on any atom is 0.321 e. The molecule has 0 radical (unpaired) electrons. The first-order valence-electron chi connectivity index (χ1n) is 8.95. The maximum atomic E-state index is 12.6. The fourth-order valence-corrected chi connectivity index (χ4v) is 3.18. The van der Waals surface area contributed by atoms with Gasteiger partial charge >= 0.3 is 6.03 Å². The molecule has 138 valence electrons. The zero-order valence-electron chi connectivity index (χ0n) is 15.3. The first-order chi connectivity index (χ1) is 12.7. The monoisotopic (exact) mass is 355 g/mol. The second-order valence-corrected chi connectivity index (χ2v) is 6.26. The van der Waals surface area contributed by atoms with Gasteiger partial charge in [0.1, 0.15) is 17.9 Å². The van der Waals surface area contributed by atoms with E-state index in [4.69, 9.17) is 4.74 Å². The van der Waals surface area contributed by atoms with Crippen LogP contribution in [-0.4, -0.2) is 53.7 Å². The molecule has 2 heterocycles. The van der Waals surface area contributed by atoms with Crippen LogP contribution in [0, 0.1) is 0 Å². The third-order valence-electron chi connectivity index (χ3n) is 4.66. The number of para-hydroxylation sites is 2. The summed E-state index contributed by atoms with van der Waals surface area (Å²) in [5.41, 5.74) is 0.708. The molecule has 3 rings (SSSR count). The molecule has 0 saturated carbocycles. The number of amides is 2.